The van der Waals surface area contributed by atoms with Gasteiger partial charge in [-0.3, -0.25) is 19.5 Å². The molecule has 0 spiro atoms. The van der Waals surface area contributed by atoms with Crippen molar-refractivity contribution in [2.45, 2.75) is 26.4 Å². The molecule has 5 heterocycles. The van der Waals surface area contributed by atoms with Crippen LogP contribution < -0.4 is 15.8 Å². The Morgan fingerprint density at radius 1 is 1.03 bits per heavy atom. The molecular weight excluding hydrogens is 380 g/mol. The summed E-state index contributed by atoms with van der Waals surface area (Å²) in [6.07, 6.45) is 4.40. The smallest absolute Gasteiger partial charge is 0.270 e. The van der Waals surface area contributed by atoms with Crippen LogP contribution in [0.2, 0.25) is 0 Å². The molecular formula is C22H24N6O2. The number of aryl methyl sites for hydroxylation is 1. The third kappa shape index (κ3) is 3.43. The van der Waals surface area contributed by atoms with Crippen molar-refractivity contribution < 1.29 is 4.79 Å². The van der Waals surface area contributed by atoms with Crippen LogP contribution >= 0.6 is 0 Å². The van der Waals surface area contributed by atoms with Gasteiger partial charge < -0.3 is 15.2 Å². The maximum Gasteiger partial charge on any atom is 0.270 e. The Morgan fingerprint density at radius 2 is 1.87 bits per heavy atom. The van der Waals surface area contributed by atoms with E-state index in [2.05, 4.69) is 36.1 Å². The number of nitrogens with one attached hydrogen (secondary N) is 2. The molecule has 3 aromatic rings. The zero-order valence-electron chi connectivity index (χ0n) is 16.9. The third-order valence-corrected chi connectivity index (χ3v) is 5.96. The van der Waals surface area contributed by atoms with Crippen LogP contribution in [0, 0.1) is 0 Å². The lowest BCUT2D eigenvalue weighted by atomic mass is 10.1. The Hall–Kier alpha value is -3.26. The van der Waals surface area contributed by atoms with Gasteiger partial charge in [0.2, 0.25) is 0 Å². The highest BCUT2D eigenvalue weighted by molar-refractivity contribution is 5.96. The molecule has 1 saturated heterocycles. The highest BCUT2D eigenvalue weighted by Gasteiger charge is 2.23. The van der Waals surface area contributed by atoms with Crippen molar-refractivity contribution in [2.75, 3.05) is 31.1 Å². The Bertz CT molecular complexity index is 1180. The van der Waals surface area contributed by atoms with E-state index in [1.807, 2.05) is 25.3 Å². The van der Waals surface area contributed by atoms with E-state index in [4.69, 9.17) is 0 Å². The second-order valence-corrected chi connectivity index (χ2v) is 7.90. The van der Waals surface area contributed by atoms with Gasteiger partial charge in [-0.15, -0.1) is 0 Å². The van der Waals surface area contributed by atoms with Crippen molar-refractivity contribution in [3.63, 3.8) is 0 Å². The highest BCUT2D eigenvalue weighted by atomic mass is 16.2. The van der Waals surface area contributed by atoms with Crippen LogP contribution in [0.25, 0.3) is 11.0 Å². The van der Waals surface area contributed by atoms with Crippen molar-refractivity contribution >= 4 is 22.6 Å². The maximum atomic E-state index is 12.1. The van der Waals surface area contributed by atoms with Gasteiger partial charge >= 0.3 is 0 Å². The monoisotopic (exact) mass is 404 g/mol. The minimum Gasteiger partial charge on any atom is -0.368 e. The summed E-state index contributed by atoms with van der Waals surface area (Å²) >= 11 is 0. The van der Waals surface area contributed by atoms with E-state index in [0.717, 1.165) is 66.1 Å². The summed E-state index contributed by atoms with van der Waals surface area (Å²) in [6, 6.07) is 5.98. The van der Waals surface area contributed by atoms with Gasteiger partial charge in [-0.25, -0.2) is 4.98 Å². The lowest BCUT2D eigenvalue weighted by molar-refractivity contribution is 0.0961. The van der Waals surface area contributed by atoms with Gasteiger partial charge in [0.1, 0.15) is 5.69 Å². The average molecular weight is 404 g/mol. The number of pyridine rings is 3. The summed E-state index contributed by atoms with van der Waals surface area (Å²) in [6.45, 7) is 6.99. The van der Waals surface area contributed by atoms with E-state index in [-0.39, 0.29) is 11.5 Å². The molecule has 30 heavy (non-hydrogen) atoms. The number of nitrogens with zero attached hydrogens (tertiary/aromatic N) is 4. The fourth-order valence-corrected chi connectivity index (χ4v) is 4.21. The molecule has 1 fully saturated rings. The van der Waals surface area contributed by atoms with Gasteiger partial charge in [0.25, 0.3) is 11.5 Å². The number of amides is 1. The summed E-state index contributed by atoms with van der Waals surface area (Å²) in [4.78, 5) is 40.3. The topological polar surface area (TPSA) is 94.2 Å². The lowest BCUT2D eigenvalue weighted by Crippen LogP contribution is -2.46. The van der Waals surface area contributed by atoms with Gasteiger partial charge in [0, 0.05) is 56.6 Å². The second-order valence-electron chi connectivity index (χ2n) is 7.90. The van der Waals surface area contributed by atoms with E-state index in [1.165, 1.54) is 0 Å². The van der Waals surface area contributed by atoms with E-state index in [9.17, 15) is 9.59 Å². The average Bonchev–Trinajstić information content (AvgIpc) is 3.14. The molecule has 0 atom stereocenters. The first-order chi connectivity index (χ1) is 14.6. The number of aromatic amines is 1. The van der Waals surface area contributed by atoms with Crippen LogP contribution in [0.3, 0.4) is 0 Å². The van der Waals surface area contributed by atoms with Crippen LogP contribution in [0.5, 0.6) is 0 Å². The van der Waals surface area contributed by atoms with Gasteiger partial charge in [0.15, 0.2) is 0 Å². The molecule has 154 valence electrons. The zero-order valence-corrected chi connectivity index (χ0v) is 16.9. The summed E-state index contributed by atoms with van der Waals surface area (Å²) < 4.78 is 0. The van der Waals surface area contributed by atoms with Gasteiger partial charge in [-0.1, -0.05) is 6.92 Å². The molecule has 5 rings (SSSR count). The van der Waals surface area contributed by atoms with Crippen molar-refractivity contribution in [3.05, 3.63) is 63.3 Å². The second kappa shape index (κ2) is 7.53. The molecule has 8 heteroatoms. The number of fused-ring (bicyclic) bond motifs is 2. The van der Waals surface area contributed by atoms with Crippen LogP contribution in [0.1, 0.15) is 34.1 Å². The molecule has 0 radical (unpaired) electrons. The predicted molar refractivity (Wildman–Crippen MR) is 115 cm³/mol. The fourth-order valence-electron chi connectivity index (χ4n) is 4.21. The first kappa shape index (κ1) is 18.7. The Labute approximate surface area is 173 Å². The van der Waals surface area contributed by atoms with E-state index in [0.29, 0.717) is 18.7 Å². The molecule has 0 aliphatic carbocycles. The first-order valence-corrected chi connectivity index (χ1v) is 10.4. The number of piperazine rings is 1. The summed E-state index contributed by atoms with van der Waals surface area (Å²) in [7, 11) is 0. The van der Waals surface area contributed by atoms with E-state index in [1.54, 1.807) is 6.20 Å². The number of carbonyl (C=O) groups is 1. The maximum absolute atomic E-state index is 12.1. The third-order valence-electron chi connectivity index (χ3n) is 5.96. The largest absolute Gasteiger partial charge is 0.368 e. The predicted octanol–water partition coefficient (Wildman–Crippen LogP) is 1.45. The Morgan fingerprint density at radius 3 is 2.67 bits per heavy atom. The summed E-state index contributed by atoms with van der Waals surface area (Å²) in [5, 5.41) is 2.82. The fraction of sp³-hybridized carbons (Fsp3) is 0.364. The van der Waals surface area contributed by atoms with Crippen molar-refractivity contribution in [2.24, 2.45) is 0 Å². The Kier molecular flexibility index (Phi) is 4.71. The number of hydrogen-bond acceptors (Lipinski definition) is 6. The van der Waals surface area contributed by atoms with E-state index < -0.39 is 0 Å². The first-order valence-electron chi connectivity index (χ1n) is 10.4. The number of aromatic nitrogens is 3. The molecule has 8 nitrogen and oxygen atoms in total. The van der Waals surface area contributed by atoms with E-state index >= 15 is 0 Å². The molecule has 2 N–H and O–H groups in total. The van der Waals surface area contributed by atoms with Crippen LogP contribution in [0.4, 0.5) is 5.69 Å². The lowest BCUT2D eigenvalue weighted by Gasteiger charge is -2.36. The van der Waals surface area contributed by atoms with Crippen LogP contribution in [0.15, 0.2) is 35.4 Å². The molecule has 3 aromatic heterocycles. The van der Waals surface area contributed by atoms with Gasteiger partial charge in [0.05, 0.1) is 22.9 Å². The minimum absolute atomic E-state index is 0.0302. The number of H-pyrrole nitrogens is 1. The zero-order chi connectivity index (χ0) is 20.7. The SMILES string of the molecule is CCc1cc2ncc(CN3CCN(c4cnc5c(c4)CNC5=O)CC3)cc2[nH]c1=O. The molecule has 0 unspecified atom stereocenters. The molecule has 2 aliphatic heterocycles. The molecule has 0 bridgehead atoms. The molecule has 0 aromatic carbocycles. The quantitative estimate of drug-likeness (QED) is 0.684. The van der Waals surface area contributed by atoms with Gasteiger partial charge in [-0.05, 0) is 30.2 Å². The summed E-state index contributed by atoms with van der Waals surface area (Å²) in [5.74, 6) is -0.0855. The van der Waals surface area contributed by atoms with Crippen molar-refractivity contribution in [1.82, 2.24) is 25.2 Å². The Balaban J connectivity index is 1.25. The number of hydrogen-bond donors (Lipinski definition) is 2. The van der Waals surface area contributed by atoms with Crippen molar-refractivity contribution in [1.29, 1.82) is 0 Å². The number of carbonyl (C=O) groups excluding carboxylic acids is 1. The number of anilines is 1. The van der Waals surface area contributed by atoms with Crippen LogP contribution in [-0.4, -0.2) is 51.9 Å². The summed E-state index contributed by atoms with van der Waals surface area (Å²) in [5.41, 5.74) is 6.05. The number of rotatable bonds is 4. The highest BCUT2D eigenvalue weighted by Crippen LogP contribution is 2.22. The molecule has 1 amide bonds. The molecule has 0 saturated carbocycles. The van der Waals surface area contributed by atoms with Crippen molar-refractivity contribution in [3.8, 4) is 0 Å². The standard InChI is InChI=1S/C22H24N6O2/c1-2-15-9-18-19(26-21(15)29)7-14(10-23-18)13-27-3-5-28(6-4-27)17-8-16-11-25-22(30)20(16)24-12-17/h7-10,12H,2-6,11,13H2,1H3,(H,25,30)(H,26,29). The normalized spacial score (nSPS) is 16.7. The minimum atomic E-state index is -0.0855. The van der Waals surface area contributed by atoms with Gasteiger partial charge in [-0.2, -0.15) is 0 Å². The molecule has 2 aliphatic rings. The van der Waals surface area contributed by atoms with Crippen LogP contribution in [-0.2, 0) is 19.5 Å².